The van der Waals surface area contributed by atoms with E-state index in [2.05, 4.69) is 11.8 Å². The van der Waals surface area contributed by atoms with Crippen LogP contribution in [0.25, 0.3) is 0 Å². The maximum atomic E-state index is 11.0. The number of hydrazone groups is 1. The molecule has 0 aliphatic carbocycles. The van der Waals surface area contributed by atoms with E-state index in [-0.39, 0.29) is 0 Å². The SMILES string of the molecule is C=NN1CCN(S(C)(=O)=O)CC1. The van der Waals surface area contributed by atoms with Crippen LogP contribution >= 0.6 is 0 Å². The van der Waals surface area contributed by atoms with E-state index in [1.54, 1.807) is 5.01 Å². The van der Waals surface area contributed by atoms with Crippen molar-refractivity contribution < 1.29 is 8.42 Å². The molecular formula is C6H13N3O2S. The number of rotatable bonds is 2. The summed E-state index contributed by atoms with van der Waals surface area (Å²) in [5.74, 6) is 0. The van der Waals surface area contributed by atoms with Gasteiger partial charge in [0.2, 0.25) is 10.0 Å². The summed E-state index contributed by atoms with van der Waals surface area (Å²) >= 11 is 0. The summed E-state index contributed by atoms with van der Waals surface area (Å²) in [6.07, 6.45) is 1.23. The molecule has 1 fully saturated rings. The molecule has 0 aromatic heterocycles. The van der Waals surface area contributed by atoms with Crippen molar-refractivity contribution in [3.8, 4) is 0 Å². The molecule has 0 aromatic rings. The Bertz CT molecular complexity index is 254. The monoisotopic (exact) mass is 191 g/mol. The molecule has 0 unspecified atom stereocenters. The lowest BCUT2D eigenvalue weighted by atomic mass is 10.4. The quantitative estimate of drug-likeness (QED) is 0.536. The Balaban J connectivity index is 2.52. The smallest absolute Gasteiger partial charge is 0.211 e. The predicted octanol–water partition coefficient (Wildman–Crippen LogP) is -0.821. The first-order valence-electron chi connectivity index (χ1n) is 3.71. The van der Waals surface area contributed by atoms with E-state index >= 15 is 0 Å². The number of hydrogen-bond acceptors (Lipinski definition) is 4. The maximum absolute atomic E-state index is 11.0. The molecule has 0 aromatic carbocycles. The van der Waals surface area contributed by atoms with Crippen molar-refractivity contribution in [3.63, 3.8) is 0 Å². The molecule has 12 heavy (non-hydrogen) atoms. The standard InChI is InChI=1S/C6H13N3O2S/c1-7-8-3-5-9(6-4-8)12(2,10)11/h1,3-6H2,2H3. The highest BCUT2D eigenvalue weighted by Crippen LogP contribution is 2.04. The zero-order valence-electron chi connectivity index (χ0n) is 7.10. The van der Waals surface area contributed by atoms with Crippen molar-refractivity contribution in [2.24, 2.45) is 5.10 Å². The molecule has 0 atom stereocenters. The minimum absolute atomic E-state index is 0.512. The van der Waals surface area contributed by atoms with Crippen molar-refractivity contribution in [2.45, 2.75) is 0 Å². The van der Waals surface area contributed by atoms with Crippen LogP contribution in [0, 0.1) is 0 Å². The lowest BCUT2D eigenvalue weighted by molar-refractivity contribution is 0.197. The van der Waals surface area contributed by atoms with Crippen molar-refractivity contribution in [1.29, 1.82) is 0 Å². The third-order valence-electron chi connectivity index (χ3n) is 1.88. The van der Waals surface area contributed by atoms with Crippen molar-refractivity contribution in [1.82, 2.24) is 9.31 Å². The fourth-order valence-corrected chi connectivity index (χ4v) is 1.98. The largest absolute Gasteiger partial charge is 0.295 e. The molecular weight excluding hydrogens is 178 g/mol. The van der Waals surface area contributed by atoms with Gasteiger partial charge in [-0.1, -0.05) is 0 Å². The third-order valence-corrected chi connectivity index (χ3v) is 3.19. The summed E-state index contributed by atoms with van der Waals surface area (Å²) in [5, 5.41) is 5.49. The molecule has 70 valence electrons. The molecule has 0 radical (unpaired) electrons. The molecule has 0 saturated carbocycles. The highest BCUT2D eigenvalue weighted by atomic mass is 32.2. The van der Waals surface area contributed by atoms with Crippen LogP contribution < -0.4 is 0 Å². The van der Waals surface area contributed by atoms with E-state index < -0.39 is 10.0 Å². The third kappa shape index (κ3) is 2.18. The van der Waals surface area contributed by atoms with Gasteiger partial charge < -0.3 is 0 Å². The Kier molecular flexibility index (Phi) is 2.69. The lowest BCUT2D eigenvalue weighted by Gasteiger charge is -2.30. The number of nitrogens with zero attached hydrogens (tertiary/aromatic N) is 3. The molecule has 0 spiro atoms. The predicted molar refractivity (Wildman–Crippen MR) is 47.5 cm³/mol. The topological polar surface area (TPSA) is 53.0 Å². The molecule has 1 saturated heterocycles. The average Bonchev–Trinajstić information content (AvgIpc) is 2.03. The van der Waals surface area contributed by atoms with Crippen LogP contribution in [0.4, 0.5) is 0 Å². The minimum atomic E-state index is -3.01. The molecule has 1 heterocycles. The van der Waals surface area contributed by atoms with Gasteiger partial charge in [0.15, 0.2) is 0 Å². The van der Waals surface area contributed by atoms with Gasteiger partial charge in [-0.15, -0.1) is 0 Å². The van der Waals surface area contributed by atoms with Crippen LogP contribution in [0.5, 0.6) is 0 Å². The van der Waals surface area contributed by atoms with E-state index in [0.717, 1.165) is 0 Å². The maximum Gasteiger partial charge on any atom is 0.211 e. The number of piperazine rings is 1. The van der Waals surface area contributed by atoms with Gasteiger partial charge in [0.05, 0.1) is 6.26 Å². The van der Waals surface area contributed by atoms with E-state index in [9.17, 15) is 8.42 Å². The van der Waals surface area contributed by atoms with Gasteiger partial charge >= 0.3 is 0 Å². The molecule has 0 N–H and O–H groups in total. The van der Waals surface area contributed by atoms with E-state index in [4.69, 9.17) is 0 Å². The minimum Gasteiger partial charge on any atom is -0.295 e. The summed E-state index contributed by atoms with van der Waals surface area (Å²) in [6.45, 7) is 5.67. The highest BCUT2D eigenvalue weighted by Gasteiger charge is 2.21. The summed E-state index contributed by atoms with van der Waals surface area (Å²) in [4.78, 5) is 0. The molecule has 1 rings (SSSR count). The molecule has 6 heteroatoms. The average molecular weight is 191 g/mol. The zero-order chi connectivity index (χ0) is 9.19. The van der Waals surface area contributed by atoms with Crippen LogP contribution in [0.3, 0.4) is 0 Å². The Morgan fingerprint density at radius 2 is 1.75 bits per heavy atom. The summed E-state index contributed by atoms with van der Waals surface area (Å²) in [6, 6.07) is 0. The second-order valence-corrected chi connectivity index (χ2v) is 4.74. The van der Waals surface area contributed by atoms with Crippen molar-refractivity contribution in [2.75, 3.05) is 32.4 Å². The fourth-order valence-electron chi connectivity index (χ4n) is 1.15. The van der Waals surface area contributed by atoms with E-state index in [0.29, 0.717) is 26.2 Å². The molecule has 0 bridgehead atoms. The summed E-state index contributed by atoms with van der Waals surface area (Å²) in [7, 11) is -3.01. The van der Waals surface area contributed by atoms with Gasteiger partial charge in [-0.3, -0.25) is 5.01 Å². The van der Waals surface area contributed by atoms with Crippen LogP contribution in [-0.4, -0.2) is 56.9 Å². The van der Waals surface area contributed by atoms with Crippen LogP contribution in [0.15, 0.2) is 5.10 Å². The Hall–Kier alpha value is -0.620. The van der Waals surface area contributed by atoms with Gasteiger partial charge in [0.1, 0.15) is 0 Å². The number of sulfonamides is 1. The highest BCUT2D eigenvalue weighted by molar-refractivity contribution is 7.88. The Morgan fingerprint density at radius 3 is 2.08 bits per heavy atom. The molecule has 5 nitrogen and oxygen atoms in total. The fraction of sp³-hybridized carbons (Fsp3) is 0.833. The van der Waals surface area contributed by atoms with E-state index in [1.165, 1.54) is 10.6 Å². The van der Waals surface area contributed by atoms with E-state index in [1.807, 2.05) is 0 Å². The van der Waals surface area contributed by atoms with Gasteiger partial charge in [-0.2, -0.15) is 9.41 Å². The van der Waals surface area contributed by atoms with Gasteiger partial charge in [0, 0.05) is 32.9 Å². The van der Waals surface area contributed by atoms with Gasteiger partial charge in [-0.05, 0) is 0 Å². The number of hydrogen-bond donors (Lipinski definition) is 0. The first-order valence-corrected chi connectivity index (χ1v) is 5.55. The first-order chi connectivity index (χ1) is 5.54. The van der Waals surface area contributed by atoms with Crippen LogP contribution in [0.1, 0.15) is 0 Å². The van der Waals surface area contributed by atoms with Crippen molar-refractivity contribution in [3.05, 3.63) is 0 Å². The second-order valence-electron chi connectivity index (χ2n) is 2.76. The van der Waals surface area contributed by atoms with Crippen LogP contribution in [0.2, 0.25) is 0 Å². The Morgan fingerprint density at radius 1 is 1.25 bits per heavy atom. The second kappa shape index (κ2) is 3.40. The van der Waals surface area contributed by atoms with Gasteiger partial charge in [-0.25, -0.2) is 8.42 Å². The Labute approximate surface area is 72.7 Å². The molecule has 1 aliphatic rings. The molecule has 0 amide bonds. The molecule has 1 aliphatic heterocycles. The zero-order valence-corrected chi connectivity index (χ0v) is 7.92. The summed E-state index contributed by atoms with van der Waals surface area (Å²) < 4.78 is 23.5. The first kappa shape index (κ1) is 9.47. The normalized spacial score (nSPS) is 20.9. The summed E-state index contributed by atoms with van der Waals surface area (Å²) in [5.41, 5.74) is 0. The van der Waals surface area contributed by atoms with Crippen LogP contribution in [-0.2, 0) is 10.0 Å². The van der Waals surface area contributed by atoms with Crippen molar-refractivity contribution >= 4 is 16.7 Å². The van der Waals surface area contributed by atoms with Gasteiger partial charge in [0.25, 0.3) is 0 Å². The lowest BCUT2D eigenvalue weighted by Crippen LogP contribution is -2.46.